The zero-order chi connectivity index (χ0) is 20.6. The van der Waals surface area contributed by atoms with Crippen LogP contribution < -0.4 is 10.6 Å². The van der Waals surface area contributed by atoms with Gasteiger partial charge in [-0.25, -0.2) is 0 Å². The van der Waals surface area contributed by atoms with Crippen LogP contribution in [-0.2, 0) is 16.1 Å². The van der Waals surface area contributed by atoms with Gasteiger partial charge in [-0.3, -0.25) is 19.1 Å². The van der Waals surface area contributed by atoms with Gasteiger partial charge in [-0.15, -0.1) is 10.2 Å². The minimum atomic E-state index is -0.260. The fourth-order valence-corrected chi connectivity index (χ4v) is 3.31. The zero-order valence-corrected chi connectivity index (χ0v) is 17.0. The molecule has 0 saturated heterocycles. The van der Waals surface area contributed by atoms with Gasteiger partial charge in [-0.05, 0) is 38.1 Å². The van der Waals surface area contributed by atoms with Gasteiger partial charge in [0.25, 0.3) is 0 Å². The number of pyridine rings is 1. The Morgan fingerprint density at radius 2 is 2.07 bits per heavy atom. The van der Waals surface area contributed by atoms with Crippen LogP contribution in [0, 0.1) is 0 Å². The van der Waals surface area contributed by atoms with Crippen LogP contribution in [0.4, 0.5) is 0 Å². The first-order chi connectivity index (χ1) is 14.0. The smallest absolute Gasteiger partial charge is 0.239 e. The summed E-state index contributed by atoms with van der Waals surface area (Å²) in [6.07, 6.45) is 5.00. The largest absolute Gasteiger partial charge is 0.467 e. The van der Waals surface area contributed by atoms with E-state index < -0.39 is 0 Å². The van der Waals surface area contributed by atoms with Crippen LogP contribution in [-0.4, -0.2) is 49.9 Å². The Morgan fingerprint density at radius 3 is 2.76 bits per heavy atom. The molecule has 0 bridgehead atoms. The first-order valence-corrected chi connectivity index (χ1v) is 10.1. The molecule has 0 atom stereocenters. The van der Waals surface area contributed by atoms with Crippen LogP contribution in [0.2, 0.25) is 0 Å². The predicted molar refractivity (Wildman–Crippen MR) is 108 cm³/mol. The van der Waals surface area contributed by atoms with E-state index in [-0.39, 0.29) is 30.2 Å². The molecule has 0 saturated carbocycles. The van der Waals surface area contributed by atoms with Crippen molar-refractivity contribution in [2.45, 2.75) is 31.6 Å². The lowest BCUT2D eigenvalue weighted by Crippen LogP contribution is -2.40. The lowest BCUT2D eigenvalue weighted by molar-refractivity contribution is -0.125. The van der Waals surface area contributed by atoms with Gasteiger partial charge < -0.3 is 15.1 Å². The number of amides is 2. The third-order valence-electron chi connectivity index (χ3n) is 3.76. The van der Waals surface area contributed by atoms with Crippen LogP contribution in [0.25, 0.3) is 11.4 Å². The molecule has 0 fully saturated rings. The highest BCUT2D eigenvalue weighted by molar-refractivity contribution is 7.99. The van der Waals surface area contributed by atoms with E-state index in [0.717, 1.165) is 11.3 Å². The molecule has 9 nitrogen and oxygen atoms in total. The highest BCUT2D eigenvalue weighted by Crippen LogP contribution is 2.24. The van der Waals surface area contributed by atoms with Crippen molar-refractivity contribution < 1.29 is 14.0 Å². The molecule has 3 aromatic rings. The topological polar surface area (TPSA) is 115 Å². The monoisotopic (exact) mass is 414 g/mol. The molecule has 0 aliphatic heterocycles. The maximum absolute atomic E-state index is 12.1. The number of nitrogens with one attached hydrogen (secondary N) is 2. The fourth-order valence-electron chi connectivity index (χ4n) is 2.54. The molecule has 3 aromatic heterocycles. The second-order valence-electron chi connectivity index (χ2n) is 6.50. The van der Waals surface area contributed by atoms with Crippen molar-refractivity contribution >= 4 is 23.6 Å². The van der Waals surface area contributed by atoms with Gasteiger partial charge in [0.2, 0.25) is 11.8 Å². The van der Waals surface area contributed by atoms with E-state index in [0.29, 0.717) is 17.5 Å². The number of carbonyl (C=O) groups excluding carboxylic acids is 2. The number of aromatic nitrogens is 4. The highest BCUT2D eigenvalue weighted by atomic mass is 32.2. The molecule has 29 heavy (non-hydrogen) atoms. The van der Waals surface area contributed by atoms with Gasteiger partial charge in [0, 0.05) is 24.0 Å². The summed E-state index contributed by atoms with van der Waals surface area (Å²) in [5, 5.41) is 14.4. The molecule has 2 N–H and O–H groups in total. The molecule has 152 valence electrons. The Bertz CT molecular complexity index is 940. The second-order valence-corrected chi connectivity index (χ2v) is 7.44. The fraction of sp³-hybridized carbons (Fsp3) is 0.316. The second kappa shape index (κ2) is 9.87. The van der Waals surface area contributed by atoms with Crippen molar-refractivity contribution in [1.29, 1.82) is 0 Å². The number of rotatable bonds is 9. The Morgan fingerprint density at radius 1 is 1.21 bits per heavy atom. The van der Waals surface area contributed by atoms with Crippen molar-refractivity contribution in [2.24, 2.45) is 0 Å². The van der Waals surface area contributed by atoms with Crippen molar-refractivity contribution in [3.8, 4) is 11.4 Å². The molecule has 0 aromatic carbocycles. The van der Waals surface area contributed by atoms with Crippen molar-refractivity contribution in [3.05, 3.63) is 48.7 Å². The third-order valence-corrected chi connectivity index (χ3v) is 4.73. The van der Waals surface area contributed by atoms with Crippen LogP contribution in [0.15, 0.2) is 52.5 Å². The Labute approximate surface area is 172 Å². The molecular weight excluding hydrogens is 392 g/mol. The van der Waals surface area contributed by atoms with Crippen molar-refractivity contribution in [3.63, 3.8) is 0 Å². The average Bonchev–Trinajstić information content (AvgIpc) is 3.35. The Balaban J connectivity index is 1.68. The average molecular weight is 414 g/mol. The summed E-state index contributed by atoms with van der Waals surface area (Å²) < 4.78 is 7.32. The van der Waals surface area contributed by atoms with Crippen molar-refractivity contribution in [2.75, 3.05) is 12.3 Å². The number of hydrogen-bond acceptors (Lipinski definition) is 7. The maximum atomic E-state index is 12.1. The number of thioether (sulfide) groups is 1. The molecule has 10 heteroatoms. The van der Waals surface area contributed by atoms with Gasteiger partial charge in [0.1, 0.15) is 5.76 Å². The summed E-state index contributed by atoms with van der Waals surface area (Å²) in [5.41, 5.74) is 0.813. The summed E-state index contributed by atoms with van der Waals surface area (Å²) in [7, 11) is 0. The maximum Gasteiger partial charge on any atom is 0.239 e. The van der Waals surface area contributed by atoms with E-state index in [9.17, 15) is 9.59 Å². The standard InChI is InChI=1S/C19H22N6O3S/c1-13(2)22-16(26)10-21-17(27)12-29-19-24-23-18(14-5-3-7-20-9-14)25(19)11-15-6-4-8-28-15/h3-9,13H,10-12H2,1-2H3,(H,21,27)(H,22,26). The molecule has 0 radical (unpaired) electrons. The van der Waals surface area contributed by atoms with Crippen LogP contribution >= 0.6 is 11.8 Å². The number of nitrogens with zero attached hydrogens (tertiary/aromatic N) is 4. The summed E-state index contributed by atoms with van der Waals surface area (Å²) >= 11 is 1.24. The van der Waals surface area contributed by atoms with Gasteiger partial charge in [0.15, 0.2) is 11.0 Å². The zero-order valence-electron chi connectivity index (χ0n) is 16.2. The first-order valence-electron chi connectivity index (χ1n) is 9.07. The molecule has 0 aliphatic carbocycles. The summed E-state index contributed by atoms with van der Waals surface area (Å²) in [6, 6.07) is 7.42. The van der Waals surface area contributed by atoms with Crippen molar-refractivity contribution in [1.82, 2.24) is 30.4 Å². The lowest BCUT2D eigenvalue weighted by atomic mass is 10.2. The van der Waals surface area contributed by atoms with Crippen LogP contribution in [0.3, 0.4) is 0 Å². The molecule has 2 amide bonds. The summed E-state index contributed by atoms with van der Waals surface area (Å²) in [5.74, 6) is 1.00. The highest BCUT2D eigenvalue weighted by Gasteiger charge is 2.17. The first kappa shape index (κ1) is 20.6. The van der Waals surface area contributed by atoms with Gasteiger partial charge in [-0.1, -0.05) is 11.8 Å². The van der Waals surface area contributed by atoms with Gasteiger partial charge in [-0.2, -0.15) is 0 Å². The predicted octanol–water partition coefficient (Wildman–Crippen LogP) is 1.71. The summed E-state index contributed by atoms with van der Waals surface area (Å²) in [4.78, 5) is 27.9. The molecule has 3 heterocycles. The van der Waals surface area contributed by atoms with E-state index in [1.807, 2.05) is 42.7 Å². The number of furan rings is 1. The molecule has 3 rings (SSSR count). The van der Waals surface area contributed by atoms with Gasteiger partial charge >= 0.3 is 0 Å². The minimum Gasteiger partial charge on any atom is -0.467 e. The molecule has 0 unspecified atom stereocenters. The molecule has 0 spiro atoms. The van der Waals surface area contributed by atoms with E-state index in [1.54, 1.807) is 18.7 Å². The van der Waals surface area contributed by atoms with Crippen LogP contribution in [0.1, 0.15) is 19.6 Å². The van der Waals surface area contributed by atoms with E-state index in [1.165, 1.54) is 11.8 Å². The summed E-state index contributed by atoms with van der Waals surface area (Å²) in [6.45, 7) is 4.09. The normalized spacial score (nSPS) is 10.9. The third kappa shape index (κ3) is 5.92. The number of carbonyl (C=O) groups is 2. The SMILES string of the molecule is CC(C)NC(=O)CNC(=O)CSc1nnc(-c2cccnc2)n1Cc1ccco1. The van der Waals surface area contributed by atoms with E-state index in [4.69, 9.17) is 4.42 Å². The Hall–Kier alpha value is -3.14. The van der Waals surface area contributed by atoms with Gasteiger partial charge in [0.05, 0.1) is 25.1 Å². The van der Waals surface area contributed by atoms with E-state index >= 15 is 0 Å². The van der Waals surface area contributed by atoms with Crippen LogP contribution in [0.5, 0.6) is 0 Å². The molecule has 0 aliphatic rings. The lowest BCUT2D eigenvalue weighted by Gasteiger charge is -2.10. The number of hydrogen-bond donors (Lipinski definition) is 2. The van der Waals surface area contributed by atoms with E-state index in [2.05, 4.69) is 25.8 Å². The molecular formula is C19H22N6O3S. The quantitative estimate of drug-likeness (QED) is 0.512. The Kier molecular flexibility index (Phi) is 7.01. The minimum absolute atomic E-state index is 0.0276.